The first-order chi connectivity index (χ1) is 10.2. The van der Waals surface area contributed by atoms with Crippen LogP contribution in [0.1, 0.15) is 18.9 Å². The summed E-state index contributed by atoms with van der Waals surface area (Å²) >= 11 is 0. The van der Waals surface area contributed by atoms with Crippen molar-refractivity contribution in [1.29, 1.82) is 0 Å². The molecule has 1 aromatic carbocycles. The summed E-state index contributed by atoms with van der Waals surface area (Å²) in [5.74, 6) is -0.995. The highest BCUT2D eigenvalue weighted by molar-refractivity contribution is 5.80. The van der Waals surface area contributed by atoms with Crippen LogP contribution < -0.4 is 0 Å². The number of ether oxygens (including phenoxy) is 1. The van der Waals surface area contributed by atoms with Crippen LogP contribution in [0.5, 0.6) is 0 Å². The Morgan fingerprint density at radius 3 is 2.45 bits per heavy atom. The molecule has 0 aliphatic rings. The Hall–Kier alpha value is -2.45. The predicted octanol–water partition coefficient (Wildman–Crippen LogP) is 2.90. The maximum atomic E-state index is 12.8. The number of non-ortho nitro benzene ring substituents is 1. The molecule has 0 saturated heterocycles. The lowest BCUT2D eigenvalue weighted by Gasteiger charge is -2.15. The predicted molar refractivity (Wildman–Crippen MR) is 71.8 cm³/mol. The molecule has 0 aliphatic heterocycles. The van der Waals surface area contributed by atoms with Crippen molar-refractivity contribution in [3.05, 3.63) is 39.9 Å². The van der Waals surface area contributed by atoms with E-state index >= 15 is 0 Å². The molecule has 0 saturated carbocycles. The van der Waals surface area contributed by atoms with E-state index in [1.807, 2.05) is 0 Å². The number of nitro groups is 1. The lowest BCUT2D eigenvalue weighted by Crippen LogP contribution is -2.30. The highest BCUT2D eigenvalue weighted by atomic mass is 19.4. The van der Waals surface area contributed by atoms with E-state index in [0.717, 1.165) is 18.3 Å². The van der Waals surface area contributed by atoms with Gasteiger partial charge in [0.15, 0.2) is 6.04 Å². The van der Waals surface area contributed by atoms with Crippen molar-refractivity contribution in [2.45, 2.75) is 25.6 Å². The largest absolute Gasteiger partial charge is 0.466 e. The van der Waals surface area contributed by atoms with E-state index in [2.05, 4.69) is 9.73 Å². The second-order valence-electron chi connectivity index (χ2n) is 4.19. The van der Waals surface area contributed by atoms with Crippen LogP contribution in [0.25, 0.3) is 0 Å². The molecule has 0 N–H and O–H groups in total. The topological polar surface area (TPSA) is 81.8 Å². The molecular weight excluding hydrogens is 305 g/mol. The zero-order chi connectivity index (χ0) is 16.8. The Balaban J connectivity index is 2.84. The molecule has 0 aliphatic carbocycles. The summed E-state index contributed by atoms with van der Waals surface area (Å²) in [6.07, 6.45) is -4.69. The summed E-state index contributed by atoms with van der Waals surface area (Å²) in [5.41, 5.74) is 0.0692. The maximum Gasteiger partial charge on any atom is 0.411 e. The fourth-order valence-corrected chi connectivity index (χ4v) is 1.49. The van der Waals surface area contributed by atoms with Crippen LogP contribution in [0.3, 0.4) is 0 Å². The molecule has 0 amide bonds. The zero-order valence-corrected chi connectivity index (χ0v) is 11.5. The highest BCUT2D eigenvalue weighted by Crippen LogP contribution is 2.26. The van der Waals surface area contributed by atoms with E-state index in [9.17, 15) is 28.1 Å². The van der Waals surface area contributed by atoms with Crippen LogP contribution in [0.15, 0.2) is 29.3 Å². The minimum atomic E-state index is -4.69. The van der Waals surface area contributed by atoms with Crippen molar-refractivity contribution >= 4 is 17.9 Å². The molecule has 0 unspecified atom stereocenters. The third-order valence-electron chi connectivity index (χ3n) is 2.55. The highest BCUT2D eigenvalue weighted by Gasteiger charge is 2.41. The van der Waals surface area contributed by atoms with Crippen LogP contribution >= 0.6 is 0 Å². The van der Waals surface area contributed by atoms with Gasteiger partial charge in [-0.1, -0.05) is 0 Å². The molecule has 120 valence electrons. The number of nitrogens with zero attached hydrogens (tertiary/aromatic N) is 2. The standard InChI is InChI=1S/C13H13F3N2O4/c1-2-22-12(19)7-11(13(14,15)16)17-8-9-3-5-10(6-4-9)18(20)21/h3-6,8,11H,2,7H2,1H3/t11-/m0/s1. The average Bonchev–Trinajstić information content (AvgIpc) is 2.43. The molecule has 0 spiro atoms. The van der Waals surface area contributed by atoms with Gasteiger partial charge in [0.25, 0.3) is 5.69 Å². The Labute approximate surface area is 123 Å². The minimum Gasteiger partial charge on any atom is -0.466 e. The Morgan fingerprint density at radius 1 is 1.41 bits per heavy atom. The molecule has 0 heterocycles. The monoisotopic (exact) mass is 318 g/mol. The zero-order valence-electron chi connectivity index (χ0n) is 11.5. The van der Waals surface area contributed by atoms with Gasteiger partial charge in [-0.15, -0.1) is 0 Å². The lowest BCUT2D eigenvalue weighted by molar-refractivity contribution is -0.384. The number of hydrogen-bond donors (Lipinski definition) is 0. The van der Waals surface area contributed by atoms with Gasteiger partial charge in [-0.3, -0.25) is 19.9 Å². The van der Waals surface area contributed by atoms with Crippen LogP contribution in [-0.2, 0) is 9.53 Å². The second kappa shape index (κ2) is 7.53. The summed E-state index contributed by atoms with van der Waals surface area (Å²) in [6, 6.07) is 2.60. The van der Waals surface area contributed by atoms with Gasteiger partial charge < -0.3 is 4.74 Å². The number of halogens is 3. The molecule has 22 heavy (non-hydrogen) atoms. The van der Waals surface area contributed by atoms with Crippen molar-refractivity contribution in [2.75, 3.05) is 6.61 Å². The summed E-state index contributed by atoms with van der Waals surface area (Å²) < 4.78 is 42.8. The second-order valence-corrected chi connectivity index (χ2v) is 4.19. The molecule has 1 aromatic rings. The number of esters is 1. The third kappa shape index (κ3) is 5.51. The first-order valence-corrected chi connectivity index (χ1v) is 6.24. The van der Waals surface area contributed by atoms with Gasteiger partial charge >= 0.3 is 12.1 Å². The Kier molecular flexibility index (Phi) is 6.02. The smallest absolute Gasteiger partial charge is 0.411 e. The van der Waals surface area contributed by atoms with Gasteiger partial charge in [0.05, 0.1) is 18.0 Å². The minimum absolute atomic E-state index is 0.0184. The third-order valence-corrected chi connectivity index (χ3v) is 2.55. The van der Waals surface area contributed by atoms with Crippen molar-refractivity contribution in [1.82, 2.24) is 0 Å². The van der Waals surface area contributed by atoms with E-state index in [0.29, 0.717) is 0 Å². The molecule has 9 heteroatoms. The first kappa shape index (κ1) is 17.6. The number of alkyl halides is 3. The Bertz CT molecular complexity index is 555. The molecule has 0 aromatic heterocycles. The van der Waals surface area contributed by atoms with Crippen LogP contribution in [0.2, 0.25) is 0 Å². The number of benzene rings is 1. The number of aliphatic imine (C=N–C) groups is 1. The number of rotatable bonds is 6. The quantitative estimate of drug-likeness (QED) is 0.349. The summed E-state index contributed by atoms with van der Waals surface area (Å²) in [4.78, 5) is 24.3. The molecule has 1 atom stereocenters. The average molecular weight is 318 g/mol. The normalized spacial score (nSPS) is 13.1. The lowest BCUT2D eigenvalue weighted by atomic mass is 10.2. The van der Waals surface area contributed by atoms with Crippen LogP contribution in [0, 0.1) is 10.1 Å². The van der Waals surface area contributed by atoms with Crippen molar-refractivity contribution in [3.8, 4) is 0 Å². The van der Waals surface area contributed by atoms with E-state index in [4.69, 9.17) is 0 Å². The van der Waals surface area contributed by atoms with E-state index in [1.165, 1.54) is 19.1 Å². The number of nitro benzene ring substituents is 1. The van der Waals surface area contributed by atoms with Crippen LogP contribution in [0.4, 0.5) is 18.9 Å². The fourth-order valence-electron chi connectivity index (χ4n) is 1.49. The van der Waals surface area contributed by atoms with E-state index in [-0.39, 0.29) is 17.9 Å². The molecule has 1 rings (SSSR count). The van der Waals surface area contributed by atoms with Gasteiger partial charge in [-0.2, -0.15) is 13.2 Å². The summed E-state index contributed by atoms with van der Waals surface area (Å²) in [5, 5.41) is 10.5. The van der Waals surface area contributed by atoms with Crippen molar-refractivity contribution in [3.63, 3.8) is 0 Å². The molecule has 0 radical (unpaired) electrons. The van der Waals surface area contributed by atoms with E-state index in [1.54, 1.807) is 0 Å². The number of carbonyl (C=O) groups is 1. The molecule has 0 fully saturated rings. The molecule has 0 bridgehead atoms. The summed E-state index contributed by atoms with van der Waals surface area (Å²) in [6.45, 7) is 1.47. The number of carbonyl (C=O) groups excluding carboxylic acids is 1. The molecule has 6 nitrogen and oxygen atoms in total. The van der Waals surface area contributed by atoms with Gasteiger partial charge in [0.1, 0.15) is 0 Å². The summed E-state index contributed by atoms with van der Waals surface area (Å²) in [7, 11) is 0. The molecular formula is C13H13F3N2O4. The van der Waals surface area contributed by atoms with Crippen LogP contribution in [-0.4, -0.2) is 35.9 Å². The van der Waals surface area contributed by atoms with Gasteiger partial charge in [0.2, 0.25) is 0 Å². The van der Waals surface area contributed by atoms with E-state index < -0.39 is 29.5 Å². The van der Waals surface area contributed by atoms with Gasteiger partial charge in [0, 0.05) is 18.3 Å². The Morgan fingerprint density at radius 2 is 2.00 bits per heavy atom. The SMILES string of the molecule is CCOC(=O)C[C@H](N=Cc1ccc([N+](=O)[O-])cc1)C(F)(F)F. The van der Waals surface area contributed by atoms with Crippen molar-refractivity contribution < 1.29 is 27.6 Å². The number of hydrogen-bond acceptors (Lipinski definition) is 5. The maximum absolute atomic E-state index is 12.8. The van der Waals surface area contributed by atoms with Gasteiger partial charge in [-0.05, 0) is 24.6 Å². The van der Waals surface area contributed by atoms with Crippen molar-refractivity contribution in [2.24, 2.45) is 4.99 Å². The van der Waals surface area contributed by atoms with Gasteiger partial charge in [-0.25, -0.2) is 0 Å². The fraction of sp³-hybridized carbons (Fsp3) is 0.385. The first-order valence-electron chi connectivity index (χ1n) is 6.24.